The van der Waals surface area contributed by atoms with E-state index in [2.05, 4.69) is 46.8 Å². The fourth-order valence-corrected chi connectivity index (χ4v) is 3.81. The first kappa shape index (κ1) is 12.8. The average Bonchev–Trinajstić information content (AvgIpc) is 3.15. The van der Waals surface area contributed by atoms with E-state index in [1.807, 2.05) is 12.1 Å². The monoisotopic (exact) mass is 285 g/mol. The van der Waals surface area contributed by atoms with Crippen LogP contribution in [0.5, 0.6) is 0 Å². The quantitative estimate of drug-likeness (QED) is 0.933. The molecular weight excluding hydrogens is 266 g/mol. The molecule has 2 fully saturated rings. The van der Waals surface area contributed by atoms with Gasteiger partial charge in [0.15, 0.2) is 0 Å². The highest BCUT2D eigenvalue weighted by Crippen LogP contribution is 2.53. The van der Waals surface area contributed by atoms with Crippen LogP contribution in [-0.2, 0) is 4.74 Å². The van der Waals surface area contributed by atoms with Gasteiger partial charge in [-0.2, -0.15) is 0 Å². The number of nitrogens with zero attached hydrogens (tertiary/aromatic N) is 4. The summed E-state index contributed by atoms with van der Waals surface area (Å²) < 4.78 is 7.51. The first-order valence-corrected chi connectivity index (χ1v) is 7.38. The van der Waals surface area contributed by atoms with Crippen molar-refractivity contribution in [1.82, 2.24) is 20.2 Å². The van der Waals surface area contributed by atoms with Crippen LogP contribution in [0.15, 0.2) is 30.6 Å². The zero-order valence-electron chi connectivity index (χ0n) is 12.2. The lowest BCUT2D eigenvalue weighted by Gasteiger charge is -2.55. The second-order valence-corrected chi connectivity index (χ2v) is 6.49. The van der Waals surface area contributed by atoms with Crippen LogP contribution in [-0.4, -0.2) is 39.0 Å². The molecule has 1 saturated carbocycles. The molecule has 1 aromatic heterocycles. The van der Waals surface area contributed by atoms with Crippen molar-refractivity contribution in [2.45, 2.75) is 32.4 Å². The third-order valence-corrected chi connectivity index (χ3v) is 4.88. The van der Waals surface area contributed by atoms with E-state index in [0.717, 1.165) is 24.4 Å². The van der Waals surface area contributed by atoms with Gasteiger partial charge >= 0.3 is 0 Å². The summed E-state index contributed by atoms with van der Waals surface area (Å²) in [5.74, 6) is 0.622. The molecule has 1 aliphatic carbocycles. The molecule has 1 aromatic carbocycles. The lowest BCUT2D eigenvalue weighted by Crippen LogP contribution is -2.63. The Balaban J connectivity index is 1.56. The molecule has 4 rings (SSSR count). The van der Waals surface area contributed by atoms with Crippen LogP contribution in [0.4, 0.5) is 5.69 Å². The number of tetrazole rings is 1. The Morgan fingerprint density at radius 1 is 1.38 bits per heavy atom. The van der Waals surface area contributed by atoms with Crippen molar-refractivity contribution in [3.8, 4) is 5.69 Å². The van der Waals surface area contributed by atoms with Gasteiger partial charge in [-0.3, -0.25) is 0 Å². The van der Waals surface area contributed by atoms with Gasteiger partial charge in [-0.15, -0.1) is 5.10 Å². The van der Waals surface area contributed by atoms with Crippen LogP contribution < -0.4 is 5.32 Å². The highest BCUT2D eigenvalue weighted by Gasteiger charge is 2.59. The fourth-order valence-electron chi connectivity index (χ4n) is 3.81. The highest BCUT2D eigenvalue weighted by atomic mass is 16.5. The Morgan fingerprint density at radius 3 is 3.10 bits per heavy atom. The van der Waals surface area contributed by atoms with Crippen molar-refractivity contribution in [2.24, 2.45) is 11.3 Å². The van der Waals surface area contributed by atoms with Gasteiger partial charge < -0.3 is 10.1 Å². The predicted molar refractivity (Wildman–Crippen MR) is 78.2 cm³/mol. The van der Waals surface area contributed by atoms with Gasteiger partial charge in [-0.25, -0.2) is 4.68 Å². The van der Waals surface area contributed by atoms with Crippen molar-refractivity contribution < 1.29 is 4.74 Å². The van der Waals surface area contributed by atoms with Crippen molar-refractivity contribution in [3.05, 3.63) is 30.6 Å². The Kier molecular flexibility index (Phi) is 2.75. The van der Waals surface area contributed by atoms with E-state index in [1.165, 1.54) is 0 Å². The number of fused-ring (bicyclic) bond motifs is 1. The normalized spacial score (nSPS) is 29.7. The van der Waals surface area contributed by atoms with Gasteiger partial charge in [0, 0.05) is 29.7 Å². The first-order valence-electron chi connectivity index (χ1n) is 7.38. The third-order valence-electron chi connectivity index (χ3n) is 4.88. The largest absolute Gasteiger partial charge is 0.381 e. The molecule has 2 aliphatic rings. The minimum atomic E-state index is 0.173. The maximum atomic E-state index is 5.85. The lowest BCUT2D eigenvalue weighted by atomic mass is 9.57. The van der Waals surface area contributed by atoms with Gasteiger partial charge in [-0.05, 0) is 35.0 Å². The molecule has 3 atom stereocenters. The topological polar surface area (TPSA) is 64.9 Å². The number of hydrogen-bond acceptors (Lipinski definition) is 5. The van der Waals surface area contributed by atoms with Crippen LogP contribution in [0.2, 0.25) is 0 Å². The second kappa shape index (κ2) is 4.53. The van der Waals surface area contributed by atoms with Crippen molar-refractivity contribution >= 4 is 5.69 Å². The van der Waals surface area contributed by atoms with Crippen LogP contribution in [0, 0.1) is 11.3 Å². The van der Waals surface area contributed by atoms with Gasteiger partial charge in [0.05, 0.1) is 11.8 Å². The summed E-state index contributed by atoms with van der Waals surface area (Å²) in [6.07, 6.45) is 3.16. The Hall–Kier alpha value is -1.95. The molecule has 1 N–H and O–H groups in total. The Morgan fingerprint density at radius 2 is 2.29 bits per heavy atom. The standard InChI is InChI=1S/C15H19N5O/c1-15(2)13(12-6-7-21-14(12)15)17-10-4-3-5-11(8-10)20-9-16-18-19-20/h3-5,8-9,12-14,17H,6-7H2,1-2H3. The van der Waals surface area contributed by atoms with Crippen molar-refractivity contribution in [1.29, 1.82) is 0 Å². The summed E-state index contributed by atoms with van der Waals surface area (Å²) in [7, 11) is 0. The van der Waals surface area contributed by atoms with Gasteiger partial charge in [-0.1, -0.05) is 19.9 Å². The summed E-state index contributed by atoms with van der Waals surface area (Å²) in [6, 6.07) is 8.64. The number of aromatic nitrogens is 4. The van der Waals surface area contributed by atoms with E-state index in [9.17, 15) is 0 Å². The summed E-state index contributed by atoms with van der Waals surface area (Å²) in [4.78, 5) is 0. The molecule has 3 unspecified atom stereocenters. The summed E-state index contributed by atoms with van der Waals surface area (Å²) >= 11 is 0. The van der Waals surface area contributed by atoms with Gasteiger partial charge in [0.1, 0.15) is 6.33 Å². The molecule has 1 aliphatic heterocycles. The molecule has 6 heteroatoms. The summed E-state index contributed by atoms with van der Waals surface area (Å²) in [5.41, 5.74) is 2.24. The summed E-state index contributed by atoms with van der Waals surface area (Å²) in [6.45, 7) is 5.45. The maximum Gasteiger partial charge on any atom is 0.143 e. The zero-order chi connectivity index (χ0) is 14.4. The molecule has 2 aromatic rings. The average molecular weight is 285 g/mol. The number of benzene rings is 1. The van der Waals surface area contributed by atoms with E-state index in [1.54, 1.807) is 11.0 Å². The van der Waals surface area contributed by atoms with Gasteiger partial charge in [0.2, 0.25) is 0 Å². The molecule has 1 saturated heterocycles. The van der Waals surface area contributed by atoms with Crippen molar-refractivity contribution in [2.75, 3.05) is 11.9 Å². The Labute approximate surface area is 123 Å². The van der Waals surface area contributed by atoms with E-state index >= 15 is 0 Å². The summed E-state index contributed by atoms with van der Waals surface area (Å²) in [5, 5.41) is 15.0. The molecule has 2 heterocycles. The molecule has 0 radical (unpaired) electrons. The maximum absolute atomic E-state index is 5.85. The van der Waals surface area contributed by atoms with Crippen LogP contribution in [0.3, 0.4) is 0 Å². The third kappa shape index (κ3) is 1.93. The molecule has 21 heavy (non-hydrogen) atoms. The first-order chi connectivity index (χ1) is 10.2. The van der Waals surface area contributed by atoms with Crippen LogP contribution in [0.25, 0.3) is 5.69 Å². The number of hydrogen-bond donors (Lipinski definition) is 1. The van der Waals surface area contributed by atoms with Crippen LogP contribution in [0.1, 0.15) is 20.3 Å². The smallest absolute Gasteiger partial charge is 0.143 e. The van der Waals surface area contributed by atoms with E-state index < -0.39 is 0 Å². The lowest BCUT2D eigenvalue weighted by molar-refractivity contribution is -0.0923. The number of rotatable bonds is 3. The molecule has 110 valence electrons. The fraction of sp³-hybridized carbons (Fsp3) is 0.533. The minimum Gasteiger partial charge on any atom is -0.381 e. The predicted octanol–water partition coefficient (Wildman–Crippen LogP) is 1.89. The molecule has 0 spiro atoms. The van der Waals surface area contributed by atoms with E-state index in [4.69, 9.17) is 4.74 Å². The number of nitrogens with one attached hydrogen (secondary N) is 1. The van der Waals surface area contributed by atoms with Gasteiger partial charge in [0.25, 0.3) is 0 Å². The molecule has 0 bridgehead atoms. The molecular formula is C15H19N5O. The van der Waals surface area contributed by atoms with Crippen molar-refractivity contribution in [3.63, 3.8) is 0 Å². The molecule has 6 nitrogen and oxygen atoms in total. The minimum absolute atomic E-state index is 0.173. The SMILES string of the molecule is CC1(C)C(Nc2cccc(-n3cnnn3)c2)C2CCOC21. The Bertz CT molecular complexity index is 639. The highest BCUT2D eigenvalue weighted by molar-refractivity contribution is 5.52. The van der Waals surface area contributed by atoms with Crippen LogP contribution >= 0.6 is 0 Å². The molecule has 0 amide bonds. The number of ether oxygens (including phenoxy) is 1. The number of anilines is 1. The van der Waals surface area contributed by atoms with E-state index in [-0.39, 0.29) is 5.41 Å². The second-order valence-electron chi connectivity index (χ2n) is 6.49. The van der Waals surface area contributed by atoms with E-state index in [0.29, 0.717) is 18.1 Å². The zero-order valence-corrected chi connectivity index (χ0v) is 12.2.